The van der Waals surface area contributed by atoms with Gasteiger partial charge in [-0.2, -0.15) is 0 Å². The van der Waals surface area contributed by atoms with E-state index in [4.69, 9.17) is 0 Å². The van der Waals surface area contributed by atoms with Gasteiger partial charge in [0.15, 0.2) is 0 Å². The molecular weight excluding hydrogens is 174 g/mol. The van der Waals surface area contributed by atoms with E-state index in [0.29, 0.717) is 0 Å². The first kappa shape index (κ1) is 11.3. The molecule has 1 heterocycles. The second kappa shape index (κ2) is 6.63. The maximum Gasteiger partial charge on any atom is 0.223 e. The minimum atomic E-state index is 0.212. The van der Waals surface area contributed by atoms with E-state index in [-0.39, 0.29) is 11.8 Å². The molecular formula is C12H21NO. The van der Waals surface area contributed by atoms with Crippen molar-refractivity contribution in [2.75, 3.05) is 6.54 Å². The molecule has 2 nitrogen and oxygen atoms in total. The standard InChI is InChI=1S/C12H21NO/c1-2-3-8-11-9-6-4-5-7-10-13-12(11)14/h4,6,11H,2-3,5,7-10H2,1H3,(H,13,14)/b6-4-. The third-order valence-electron chi connectivity index (χ3n) is 2.71. The Morgan fingerprint density at radius 1 is 1.50 bits per heavy atom. The van der Waals surface area contributed by atoms with Crippen LogP contribution in [-0.4, -0.2) is 12.5 Å². The molecule has 0 fully saturated rings. The number of allylic oxidation sites excluding steroid dienone is 2. The normalized spacial score (nSPS) is 25.8. The van der Waals surface area contributed by atoms with Gasteiger partial charge in [-0.05, 0) is 25.7 Å². The molecule has 80 valence electrons. The molecule has 0 aliphatic carbocycles. The highest BCUT2D eigenvalue weighted by Crippen LogP contribution is 2.15. The number of hydrogen-bond acceptors (Lipinski definition) is 1. The molecule has 0 aromatic carbocycles. The minimum absolute atomic E-state index is 0.212. The monoisotopic (exact) mass is 195 g/mol. The lowest BCUT2D eigenvalue weighted by Crippen LogP contribution is -2.30. The third-order valence-corrected chi connectivity index (χ3v) is 2.71. The minimum Gasteiger partial charge on any atom is -0.356 e. The summed E-state index contributed by atoms with van der Waals surface area (Å²) in [6.07, 6.45) is 10.8. The van der Waals surface area contributed by atoms with Crippen molar-refractivity contribution in [3.05, 3.63) is 12.2 Å². The second-order valence-electron chi connectivity index (χ2n) is 3.98. The number of amides is 1. The van der Waals surface area contributed by atoms with Gasteiger partial charge < -0.3 is 5.32 Å². The van der Waals surface area contributed by atoms with E-state index in [0.717, 1.165) is 38.6 Å². The molecule has 2 heteroatoms. The van der Waals surface area contributed by atoms with E-state index in [9.17, 15) is 4.79 Å². The molecule has 1 atom stereocenters. The van der Waals surface area contributed by atoms with Crippen LogP contribution in [0.1, 0.15) is 45.4 Å². The molecule has 1 rings (SSSR count). The van der Waals surface area contributed by atoms with Crippen LogP contribution in [0.4, 0.5) is 0 Å². The predicted octanol–water partition coefficient (Wildman–Crippen LogP) is 2.65. The molecule has 1 aliphatic heterocycles. The van der Waals surface area contributed by atoms with E-state index in [1.54, 1.807) is 0 Å². The van der Waals surface area contributed by atoms with Crippen molar-refractivity contribution in [3.63, 3.8) is 0 Å². The van der Waals surface area contributed by atoms with E-state index < -0.39 is 0 Å². The molecule has 0 saturated carbocycles. The summed E-state index contributed by atoms with van der Waals surface area (Å²) < 4.78 is 0. The summed E-state index contributed by atoms with van der Waals surface area (Å²) >= 11 is 0. The average molecular weight is 195 g/mol. The van der Waals surface area contributed by atoms with Gasteiger partial charge in [0.1, 0.15) is 0 Å². The first-order valence-electron chi connectivity index (χ1n) is 5.77. The van der Waals surface area contributed by atoms with Gasteiger partial charge in [-0.15, -0.1) is 0 Å². The Bertz CT molecular complexity index is 198. The molecule has 0 saturated heterocycles. The zero-order valence-corrected chi connectivity index (χ0v) is 9.09. The second-order valence-corrected chi connectivity index (χ2v) is 3.98. The van der Waals surface area contributed by atoms with Gasteiger partial charge in [0.2, 0.25) is 5.91 Å². The summed E-state index contributed by atoms with van der Waals surface area (Å²) in [6.45, 7) is 3.01. The summed E-state index contributed by atoms with van der Waals surface area (Å²) in [5, 5.41) is 3.00. The molecule has 0 radical (unpaired) electrons. The molecule has 1 aliphatic rings. The van der Waals surface area contributed by atoms with Crippen molar-refractivity contribution in [2.45, 2.75) is 45.4 Å². The number of carbonyl (C=O) groups is 1. The maximum absolute atomic E-state index is 11.7. The highest BCUT2D eigenvalue weighted by atomic mass is 16.1. The highest BCUT2D eigenvalue weighted by molar-refractivity contribution is 5.78. The van der Waals surface area contributed by atoms with Crippen LogP contribution in [0.5, 0.6) is 0 Å². The first-order chi connectivity index (χ1) is 6.84. The predicted molar refractivity (Wildman–Crippen MR) is 59.0 cm³/mol. The fourth-order valence-electron chi connectivity index (χ4n) is 1.76. The van der Waals surface area contributed by atoms with E-state index in [1.165, 1.54) is 6.42 Å². The van der Waals surface area contributed by atoms with Crippen LogP contribution < -0.4 is 5.32 Å². The fourth-order valence-corrected chi connectivity index (χ4v) is 1.76. The molecule has 1 amide bonds. The quantitative estimate of drug-likeness (QED) is 0.689. The van der Waals surface area contributed by atoms with Gasteiger partial charge in [-0.25, -0.2) is 0 Å². The van der Waals surface area contributed by atoms with Crippen molar-refractivity contribution in [2.24, 2.45) is 5.92 Å². The van der Waals surface area contributed by atoms with E-state index >= 15 is 0 Å². The number of unbranched alkanes of at least 4 members (excludes halogenated alkanes) is 1. The van der Waals surface area contributed by atoms with Crippen molar-refractivity contribution in [3.8, 4) is 0 Å². The van der Waals surface area contributed by atoms with Crippen LogP contribution >= 0.6 is 0 Å². The van der Waals surface area contributed by atoms with Crippen LogP contribution in [0, 0.1) is 5.92 Å². The third kappa shape index (κ3) is 3.95. The highest BCUT2D eigenvalue weighted by Gasteiger charge is 2.16. The molecule has 0 bridgehead atoms. The van der Waals surface area contributed by atoms with Gasteiger partial charge in [-0.3, -0.25) is 4.79 Å². The topological polar surface area (TPSA) is 29.1 Å². The Hall–Kier alpha value is -0.790. The van der Waals surface area contributed by atoms with E-state index in [2.05, 4.69) is 24.4 Å². The van der Waals surface area contributed by atoms with Crippen LogP contribution in [0.2, 0.25) is 0 Å². The van der Waals surface area contributed by atoms with Crippen molar-refractivity contribution < 1.29 is 4.79 Å². The summed E-state index contributed by atoms with van der Waals surface area (Å²) in [4.78, 5) is 11.7. The Morgan fingerprint density at radius 3 is 3.14 bits per heavy atom. The Morgan fingerprint density at radius 2 is 2.36 bits per heavy atom. The summed E-state index contributed by atoms with van der Waals surface area (Å²) in [6, 6.07) is 0. The Kier molecular flexibility index (Phi) is 5.35. The number of carbonyl (C=O) groups excluding carboxylic acids is 1. The lowest BCUT2D eigenvalue weighted by atomic mass is 9.97. The van der Waals surface area contributed by atoms with Crippen LogP contribution in [-0.2, 0) is 4.79 Å². The summed E-state index contributed by atoms with van der Waals surface area (Å²) in [7, 11) is 0. The molecule has 1 N–H and O–H groups in total. The number of nitrogens with one attached hydrogen (secondary N) is 1. The zero-order chi connectivity index (χ0) is 10.2. The lowest BCUT2D eigenvalue weighted by molar-refractivity contribution is -0.125. The van der Waals surface area contributed by atoms with Gasteiger partial charge in [0.25, 0.3) is 0 Å². The first-order valence-corrected chi connectivity index (χ1v) is 5.77. The Balaban J connectivity index is 2.44. The summed E-state index contributed by atoms with van der Waals surface area (Å²) in [5.41, 5.74) is 0. The zero-order valence-electron chi connectivity index (χ0n) is 9.09. The van der Waals surface area contributed by atoms with Crippen LogP contribution in [0.15, 0.2) is 12.2 Å². The fraction of sp³-hybridized carbons (Fsp3) is 0.750. The van der Waals surface area contributed by atoms with Gasteiger partial charge in [-0.1, -0.05) is 31.9 Å². The van der Waals surface area contributed by atoms with Crippen LogP contribution in [0.3, 0.4) is 0 Å². The van der Waals surface area contributed by atoms with E-state index in [1.807, 2.05) is 0 Å². The van der Waals surface area contributed by atoms with Crippen molar-refractivity contribution in [1.82, 2.24) is 5.32 Å². The molecule has 14 heavy (non-hydrogen) atoms. The molecule has 1 unspecified atom stereocenters. The number of rotatable bonds is 3. The molecule has 0 aromatic rings. The van der Waals surface area contributed by atoms with Crippen molar-refractivity contribution in [1.29, 1.82) is 0 Å². The summed E-state index contributed by atoms with van der Waals surface area (Å²) in [5.74, 6) is 0.467. The SMILES string of the molecule is CCCCC1C/C=C\CCCNC1=O. The van der Waals surface area contributed by atoms with Gasteiger partial charge in [0.05, 0.1) is 0 Å². The number of hydrogen-bond donors (Lipinski definition) is 1. The smallest absolute Gasteiger partial charge is 0.223 e. The van der Waals surface area contributed by atoms with Gasteiger partial charge in [0, 0.05) is 12.5 Å². The lowest BCUT2D eigenvalue weighted by Gasteiger charge is -2.13. The average Bonchev–Trinajstić information content (AvgIpc) is 2.28. The Labute approximate surface area is 86.8 Å². The largest absolute Gasteiger partial charge is 0.356 e. The maximum atomic E-state index is 11.7. The molecule has 0 aromatic heterocycles. The van der Waals surface area contributed by atoms with Gasteiger partial charge >= 0.3 is 0 Å². The van der Waals surface area contributed by atoms with Crippen LogP contribution in [0.25, 0.3) is 0 Å². The molecule has 0 spiro atoms. The van der Waals surface area contributed by atoms with Crippen molar-refractivity contribution >= 4 is 5.91 Å².